The summed E-state index contributed by atoms with van der Waals surface area (Å²) in [7, 11) is 0. The molecule has 0 aliphatic carbocycles. The summed E-state index contributed by atoms with van der Waals surface area (Å²) in [5, 5.41) is 31.7. The molecule has 2 saturated heterocycles. The van der Waals surface area contributed by atoms with Crippen LogP contribution in [0.3, 0.4) is 0 Å². The van der Waals surface area contributed by atoms with E-state index in [0.717, 1.165) is 5.56 Å². The molecule has 0 bridgehead atoms. The van der Waals surface area contributed by atoms with Gasteiger partial charge in [0.1, 0.15) is 30.2 Å². The molecule has 9 heteroatoms. The topological polar surface area (TPSA) is 121 Å². The van der Waals surface area contributed by atoms with Gasteiger partial charge in [-0.15, -0.1) is 0 Å². The zero-order valence-electron chi connectivity index (χ0n) is 14.7. The maximum absolute atomic E-state index is 10.7. The molecule has 9 nitrogen and oxygen atoms in total. The Morgan fingerprint density at radius 1 is 1.00 bits per heavy atom. The molecule has 0 radical (unpaired) electrons. The molecule has 4 rings (SSSR count). The lowest BCUT2D eigenvalue weighted by Gasteiger charge is -2.46. The lowest BCUT2D eigenvalue weighted by Crippen LogP contribution is -2.62. The fourth-order valence-electron chi connectivity index (χ4n) is 3.23. The second-order valence-corrected chi connectivity index (χ2v) is 6.57. The summed E-state index contributed by atoms with van der Waals surface area (Å²) in [5.74, 6) is 0.264. The van der Waals surface area contributed by atoms with Gasteiger partial charge < -0.3 is 29.2 Å². The highest BCUT2D eigenvalue weighted by molar-refractivity contribution is 5.36. The van der Waals surface area contributed by atoms with Gasteiger partial charge in [-0.1, -0.05) is 30.3 Å². The van der Waals surface area contributed by atoms with E-state index in [2.05, 4.69) is 0 Å². The van der Waals surface area contributed by atoms with Crippen LogP contribution >= 0.6 is 0 Å². The van der Waals surface area contributed by atoms with Crippen LogP contribution in [-0.2, 0) is 14.2 Å². The van der Waals surface area contributed by atoms with Crippen LogP contribution in [0.1, 0.15) is 11.9 Å². The smallest absolute Gasteiger partial charge is 0.269 e. The van der Waals surface area contributed by atoms with Crippen molar-refractivity contribution in [2.75, 3.05) is 6.61 Å². The molecule has 2 heterocycles. The third kappa shape index (κ3) is 3.71. The van der Waals surface area contributed by atoms with Crippen molar-refractivity contribution in [3.63, 3.8) is 0 Å². The van der Waals surface area contributed by atoms with E-state index in [1.54, 1.807) is 0 Å². The molecule has 2 fully saturated rings. The number of aliphatic hydroxyl groups is 2. The molecule has 2 aliphatic heterocycles. The first-order valence-electron chi connectivity index (χ1n) is 8.77. The van der Waals surface area contributed by atoms with Crippen LogP contribution in [0.2, 0.25) is 0 Å². The fraction of sp³-hybridized carbons (Fsp3) is 0.368. The largest absolute Gasteiger partial charge is 0.462 e. The lowest BCUT2D eigenvalue weighted by molar-refractivity contribution is -0.384. The zero-order chi connectivity index (χ0) is 19.7. The van der Waals surface area contributed by atoms with E-state index in [1.807, 2.05) is 30.3 Å². The highest BCUT2D eigenvalue weighted by Crippen LogP contribution is 2.34. The standard InChI is InChI=1S/C19H19NO8/c21-15-16(22)19(26-13-8-6-12(7-9-13)20(23)24)27-14-10-25-18(28-17(14)15)11-4-2-1-3-5-11/h1-9,14-19,21-22H,10H2/t14?,15?,16?,17-,18?,19+/m0/s1. The SMILES string of the molecule is O=[N+]([O-])c1ccc(O[C@@H]2OC3COC(c4ccccc4)O[C@@H]3C(O)C2O)cc1. The van der Waals surface area contributed by atoms with Gasteiger partial charge in [-0.3, -0.25) is 10.1 Å². The summed E-state index contributed by atoms with van der Waals surface area (Å²) >= 11 is 0. The van der Waals surface area contributed by atoms with Crippen molar-refractivity contribution in [1.29, 1.82) is 0 Å². The molecule has 2 aliphatic rings. The van der Waals surface area contributed by atoms with Gasteiger partial charge in [-0.25, -0.2) is 0 Å². The number of hydrogen-bond acceptors (Lipinski definition) is 8. The summed E-state index contributed by atoms with van der Waals surface area (Å²) in [6, 6.07) is 14.6. The summed E-state index contributed by atoms with van der Waals surface area (Å²) in [4.78, 5) is 10.2. The number of fused-ring (bicyclic) bond motifs is 1. The van der Waals surface area contributed by atoms with E-state index in [1.165, 1.54) is 24.3 Å². The predicted octanol–water partition coefficient (Wildman–Crippen LogP) is 1.53. The molecule has 0 aromatic heterocycles. The van der Waals surface area contributed by atoms with E-state index >= 15 is 0 Å². The summed E-state index contributed by atoms with van der Waals surface area (Å²) in [5.41, 5.74) is 0.713. The minimum atomic E-state index is -1.37. The Hall–Kier alpha value is -2.56. The van der Waals surface area contributed by atoms with Crippen LogP contribution in [0.25, 0.3) is 0 Å². The highest BCUT2D eigenvalue weighted by atomic mass is 16.8. The summed E-state index contributed by atoms with van der Waals surface area (Å²) < 4.78 is 22.8. The Bertz CT molecular complexity index is 812. The number of nitro benzene ring substituents is 1. The summed E-state index contributed by atoms with van der Waals surface area (Å²) in [6.45, 7) is 0.147. The molecule has 4 unspecified atom stereocenters. The lowest BCUT2D eigenvalue weighted by atomic mass is 9.98. The molecule has 28 heavy (non-hydrogen) atoms. The fourth-order valence-corrected chi connectivity index (χ4v) is 3.23. The quantitative estimate of drug-likeness (QED) is 0.597. The molecule has 0 spiro atoms. The van der Waals surface area contributed by atoms with Gasteiger partial charge in [0.2, 0.25) is 6.29 Å². The van der Waals surface area contributed by atoms with E-state index in [0.29, 0.717) is 0 Å². The Morgan fingerprint density at radius 2 is 1.71 bits per heavy atom. The molecular formula is C19H19NO8. The van der Waals surface area contributed by atoms with E-state index in [-0.39, 0.29) is 18.0 Å². The van der Waals surface area contributed by atoms with Gasteiger partial charge in [0.15, 0.2) is 6.29 Å². The van der Waals surface area contributed by atoms with Crippen molar-refractivity contribution in [2.24, 2.45) is 0 Å². The first-order valence-corrected chi connectivity index (χ1v) is 8.77. The van der Waals surface area contributed by atoms with Gasteiger partial charge in [0.05, 0.1) is 11.5 Å². The minimum Gasteiger partial charge on any atom is -0.462 e. The van der Waals surface area contributed by atoms with Gasteiger partial charge in [0, 0.05) is 17.7 Å². The number of benzene rings is 2. The van der Waals surface area contributed by atoms with Crippen molar-refractivity contribution < 1.29 is 34.1 Å². The second kappa shape index (κ2) is 7.82. The Balaban J connectivity index is 1.43. The van der Waals surface area contributed by atoms with Crippen LogP contribution < -0.4 is 4.74 Å². The zero-order valence-corrected chi connectivity index (χ0v) is 14.7. The maximum Gasteiger partial charge on any atom is 0.269 e. The van der Waals surface area contributed by atoms with Crippen LogP contribution in [0, 0.1) is 10.1 Å². The van der Waals surface area contributed by atoms with Crippen LogP contribution in [0.5, 0.6) is 5.75 Å². The highest BCUT2D eigenvalue weighted by Gasteiger charge is 2.49. The Kier molecular flexibility index (Phi) is 5.25. The molecule has 0 amide bonds. The van der Waals surface area contributed by atoms with Gasteiger partial charge >= 0.3 is 0 Å². The average molecular weight is 389 g/mol. The number of nitrogens with zero attached hydrogens (tertiary/aromatic N) is 1. The van der Waals surface area contributed by atoms with Crippen molar-refractivity contribution in [3.05, 3.63) is 70.3 Å². The number of non-ortho nitro benzene ring substituents is 1. The van der Waals surface area contributed by atoms with Gasteiger partial charge in [-0.05, 0) is 12.1 Å². The van der Waals surface area contributed by atoms with Gasteiger partial charge in [0.25, 0.3) is 5.69 Å². The molecule has 2 aromatic carbocycles. The van der Waals surface area contributed by atoms with Crippen LogP contribution in [0.15, 0.2) is 54.6 Å². The van der Waals surface area contributed by atoms with Crippen molar-refractivity contribution in [2.45, 2.75) is 37.0 Å². The Labute approximate surface area is 160 Å². The van der Waals surface area contributed by atoms with Crippen molar-refractivity contribution >= 4 is 5.69 Å². The molecule has 2 aromatic rings. The molecule has 0 saturated carbocycles. The van der Waals surface area contributed by atoms with Crippen LogP contribution in [-0.4, -0.2) is 52.4 Å². The number of aliphatic hydroxyl groups excluding tert-OH is 2. The number of rotatable bonds is 4. The predicted molar refractivity (Wildman–Crippen MR) is 94.4 cm³/mol. The first-order chi connectivity index (χ1) is 13.5. The van der Waals surface area contributed by atoms with Crippen molar-refractivity contribution in [3.8, 4) is 5.75 Å². The van der Waals surface area contributed by atoms with E-state index < -0.39 is 41.9 Å². The third-order valence-corrected chi connectivity index (χ3v) is 4.70. The van der Waals surface area contributed by atoms with E-state index in [9.17, 15) is 20.3 Å². The maximum atomic E-state index is 10.7. The molecular weight excluding hydrogens is 370 g/mol. The summed E-state index contributed by atoms with van der Waals surface area (Å²) in [6.07, 6.45) is -5.88. The average Bonchev–Trinajstić information content (AvgIpc) is 2.72. The van der Waals surface area contributed by atoms with Crippen LogP contribution in [0.4, 0.5) is 5.69 Å². The Morgan fingerprint density at radius 3 is 2.39 bits per heavy atom. The van der Waals surface area contributed by atoms with Crippen molar-refractivity contribution in [1.82, 2.24) is 0 Å². The minimum absolute atomic E-state index is 0.0846. The monoisotopic (exact) mass is 389 g/mol. The number of nitro groups is 1. The third-order valence-electron chi connectivity index (χ3n) is 4.70. The second-order valence-electron chi connectivity index (χ2n) is 6.57. The van der Waals surface area contributed by atoms with Gasteiger partial charge in [-0.2, -0.15) is 0 Å². The molecule has 6 atom stereocenters. The molecule has 148 valence electrons. The normalized spacial score (nSPS) is 32.4. The number of ether oxygens (including phenoxy) is 4. The molecule has 2 N–H and O–H groups in total. The first kappa shape index (κ1) is 18.8. The number of hydrogen-bond donors (Lipinski definition) is 2. The van der Waals surface area contributed by atoms with E-state index in [4.69, 9.17) is 18.9 Å².